The third-order valence-corrected chi connectivity index (χ3v) is 3.50. The number of nitrogens with zero attached hydrogens (tertiary/aromatic N) is 1. The number of halogens is 1. The van der Waals surface area contributed by atoms with Gasteiger partial charge >= 0.3 is 0 Å². The van der Waals surface area contributed by atoms with Crippen molar-refractivity contribution in [3.05, 3.63) is 53.2 Å². The summed E-state index contributed by atoms with van der Waals surface area (Å²) in [7, 11) is 0. The molecule has 0 atom stereocenters. The summed E-state index contributed by atoms with van der Waals surface area (Å²) in [6.45, 7) is 6.39. The van der Waals surface area contributed by atoms with Gasteiger partial charge in [0, 0.05) is 17.6 Å². The molecule has 0 unspecified atom stereocenters. The van der Waals surface area contributed by atoms with Crippen molar-refractivity contribution in [3.8, 4) is 11.6 Å². The maximum absolute atomic E-state index is 5.99. The van der Waals surface area contributed by atoms with Gasteiger partial charge in [0.25, 0.3) is 0 Å². The van der Waals surface area contributed by atoms with E-state index in [0.29, 0.717) is 17.7 Å². The van der Waals surface area contributed by atoms with E-state index in [0.717, 1.165) is 23.4 Å². The molecule has 0 fully saturated rings. The summed E-state index contributed by atoms with van der Waals surface area (Å²) in [5.74, 6) is 2.36. The Morgan fingerprint density at radius 3 is 2.60 bits per heavy atom. The lowest BCUT2D eigenvalue weighted by Crippen LogP contribution is -1.98. The monoisotopic (exact) mass is 289 g/mol. The van der Waals surface area contributed by atoms with Crippen LogP contribution in [-0.4, -0.2) is 4.98 Å². The first-order valence-corrected chi connectivity index (χ1v) is 7.50. The van der Waals surface area contributed by atoms with E-state index in [1.54, 1.807) is 0 Å². The molecule has 0 saturated heterocycles. The first-order valence-electron chi connectivity index (χ1n) is 6.96. The minimum Gasteiger partial charge on any atom is -0.439 e. The molecule has 2 nitrogen and oxygen atoms in total. The zero-order valence-corrected chi connectivity index (χ0v) is 12.9. The number of aryl methyl sites for hydroxylation is 1. The van der Waals surface area contributed by atoms with Crippen molar-refractivity contribution < 1.29 is 4.74 Å². The first kappa shape index (κ1) is 14.9. The van der Waals surface area contributed by atoms with Gasteiger partial charge in [-0.2, -0.15) is 0 Å². The fourth-order valence-corrected chi connectivity index (χ4v) is 2.25. The van der Waals surface area contributed by atoms with Gasteiger partial charge in [0.2, 0.25) is 5.88 Å². The van der Waals surface area contributed by atoms with Gasteiger partial charge in [-0.05, 0) is 35.6 Å². The van der Waals surface area contributed by atoms with Crippen molar-refractivity contribution in [3.63, 3.8) is 0 Å². The summed E-state index contributed by atoms with van der Waals surface area (Å²) in [6.07, 6.45) is 0.868. The molecule has 1 aromatic heterocycles. The molecule has 2 aromatic rings. The molecule has 0 aliphatic carbocycles. The number of hydrogen-bond acceptors (Lipinski definition) is 2. The predicted molar refractivity (Wildman–Crippen MR) is 83.8 cm³/mol. The standard InChI is InChI=1S/C17H20ClNO/c1-4-14-9-13(11-18)10-17(19-14)20-16-8-6-5-7-15(16)12(2)3/h5-10,12H,4,11H2,1-3H3. The molecule has 0 amide bonds. The summed E-state index contributed by atoms with van der Waals surface area (Å²) in [5, 5.41) is 0. The van der Waals surface area contributed by atoms with Crippen molar-refractivity contribution in [1.82, 2.24) is 4.98 Å². The van der Waals surface area contributed by atoms with Gasteiger partial charge in [0.1, 0.15) is 5.75 Å². The third kappa shape index (κ3) is 3.51. The van der Waals surface area contributed by atoms with E-state index in [1.165, 1.54) is 5.56 Å². The Kier molecular flexibility index (Phi) is 5.02. The van der Waals surface area contributed by atoms with Gasteiger partial charge in [0.05, 0.1) is 0 Å². The van der Waals surface area contributed by atoms with E-state index in [4.69, 9.17) is 16.3 Å². The lowest BCUT2D eigenvalue weighted by atomic mass is 10.0. The van der Waals surface area contributed by atoms with E-state index < -0.39 is 0 Å². The molecule has 0 aliphatic heterocycles. The number of rotatable bonds is 5. The van der Waals surface area contributed by atoms with Crippen LogP contribution in [0.5, 0.6) is 11.6 Å². The fraction of sp³-hybridized carbons (Fsp3) is 0.353. The van der Waals surface area contributed by atoms with Crippen molar-refractivity contribution in [2.45, 2.75) is 39.0 Å². The van der Waals surface area contributed by atoms with Gasteiger partial charge in [-0.25, -0.2) is 4.98 Å². The molecule has 1 aromatic carbocycles. The Hall–Kier alpha value is -1.54. The average molecular weight is 290 g/mol. The Morgan fingerprint density at radius 1 is 1.20 bits per heavy atom. The maximum atomic E-state index is 5.99. The summed E-state index contributed by atoms with van der Waals surface area (Å²) in [4.78, 5) is 4.51. The molecule has 1 heterocycles. The van der Waals surface area contributed by atoms with Crippen LogP contribution in [0, 0.1) is 0 Å². The number of pyridine rings is 1. The summed E-state index contributed by atoms with van der Waals surface area (Å²) in [5.41, 5.74) is 3.22. The normalized spacial score (nSPS) is 10.8. The van der Waals surface area contributed by atoms with Gasteiger partial charge in [-0.1, -0.05) is 39.0 Å². The Labute approximate surface area is 125 Å². The zero-order valence-electron chi connectivity index (χ0n) is 12.2. The number of hydrogen-bond donors (Lipinski definition) is 0. The summed E-state index contributed by atoms with van der Waals surface area (Å²) < 4.78 is 5.99. The Bertz CT molecular complexity index is 559. The van der Waals surface area contributed by atoms with E-state index in [9.17, 15) is 0 Å². The SMILES string of the molecule is CCc1cc(CCl)cc(Oc2ccccc2C(C)C)n1. The highest BCUT2D eigenvalue weighted by Crippen LogP contribution is 2.30. The molecule has 106 valence electrons. The van der Waals surface area contributed by atoms with Crippen molar-refractivity contribution in [1.29, 1.82) is 0 Å². The third-order valence-electron chi connectivity index (χ3n) is 3.19. The molecule has 0 spiro atoms. The minimum absolute atomic E-state index is 0.410. The van der Waals surface area contributed by atoms with E-state index >= 15 is 0 Å². The van der Waals surface area contributed by atoms with Crippen LogP contribution in [0.2, 0.25) is 0 Å². The molecule has 0 N–H and O–H groups in total. The van der Waals surface area contributed by atoms with E-state index in [1.807, 2.05) is 30.3 Å². The first-order chi connectivity index (χ1) is 9.63. The maximum Gasteiger partial charge on any atom is 0.219 e. The lowest BCUT2D eigenvalue weighted by molar-refractivity contribution is 0.452. The fourth-order valence-electron chi connectivity index (χ4n) is 2.09. The second-order valence-electron chi connectivity index (χ2n) is 5.09. The second-order valence-corrected chi connectivity index (χ2v) is 5.35. The molecule has 0 bridgehead atoms. The van der Waals surface area contributed by atoms with Crippen LogP contribution in [0.25, 0.3) is 0 Å². The number of ether oxygens (including phenoxy) is 1. The summed E-state index contributed by atoms with van der Waals surface area (Å²) in [6, 6.07) is 12.0. The molecule has 2 rings (SSSR count). The smallest absolute Gasteiger partial charge is 0.219 e. The van der Waals surface area contributed by atoms with Crippen molar-refractivity contribution in [2.75, 3.05) is 0 Å². The number of benzene rings is 1. The van der Waals surface area contributed by atoms with Gasteiger partial charge in [0.15, 0.2) is 0 Å². The van der Waals surface area contributed by atoms with Crippen LogP contribution in [0.4, 0.5) is 0 Å². The topological polar surface area (TPSA) is 22.1 Å². The summed E-state index contributed by atoms with van der Waals surface area (Å²) >= 11 is 5.93. The quantitative estimate of drug-likeness (QED) is 0.697. The molecule has 3 heteroatoms. The van der Waals surface area contributed by atoms with Crippen molar-refractivity contribution in [2.24, 2.45) is 0 Å². The van der Waals surface area contributed by atoms with Crippen LogP contribution in [-0.2, 0) is 12.3 Å². The van der Waals surface area contributed by atoms with Gasteiger partial charge in [-0.3, -0.25) is 0 Å². The molecule has 20 heavy (non-hydrogen) atoms. The molecule has 0 aliphatic rings. The van der Waals surface area contributed by atoms with Crippen LogP contribution >= 0.6 is 11.6 Å². The largest absolute Gasteiger partial charge is 0.439 e. The molecular formula is C17H20ClNO. The van der Waals surface area contributed by atoms with Crippen LogP contribution in [0.1, 0.15) is 43.5 Å². The van der Waals surface area contributed by atoms with Crippen LogP contribution < -0.4 is 4.74 Å². The Morgan fingerprint density at radius 2 is 1.95 bits per heavy atom. The number of alkyl halides is 1. The minimum atomic E-state index is 0.410. The predicted octanol–water partition coefficient (Wildman–Crippen LogP) is 5.30. The number of aromatic nitrogens is 1. The van der Waals surface area contributed by atoms with Crippen molar-refractivity contribution >= 4 is 11.6 Å². The number of para-hydroxylation sites is 1. The lowest BCUT2D eigenvalue weighted by Gasteiger charge is -2.14. The van der Waals surface area contributed by atoms with Crippen LogP contribution in [0.3, 0.4) is 0 Å². The van der Waals surface area contributed by atoms with E-state index in [2.05, 4.69) is 31.8 Å². The highest BCUT2D eigenvalue weighted by Gasteiger charge is 2.09. The van der Waals surface area contributed by atoms with Crippen LogP contribution in [0.15, 0.2) is 36.4 Å². The molecule has 0 radical (unpaired) electrons. The van der Waals surface area contributed by atoms with Gasteiger partial charge in [-0.15, -0.1) is 11.6 Å². The average Bonchev–Trinajstić information content (AvgIpc) is 2.47. The zero-order chi connectivity index (χ0) is 14.5. The highest BCUT2D eigenvalue weighted by atomic mass is 35.5. The Balaban J connectivity index is 2.34. The highest BCUT2D eigenvalue weighted by molar-refractivity contribution is 6.17. The second kappa shape index (κ2) is 6.76. The molecular weight excluding hydrogens is 270 g/mol. The van der Waals surface area contributed by atoms with Gasteiger partial charge < -0.3 is 4.74 Å². The molecule has 0 saturated carbocycles. The van der Waals surface area contributed by atoms with E-state index in [-0.39, 0.29) is 0 Å².